The van der Waals surface area contributed by atoms with E-state index in [1.165, 1.54) is 5.56 Å². The minimum absolute atomic E-state index is 0.252. The fourth-order valence-corrected chi connectivity index (χ4v) is 1.96. The predicted molar refractivity (Wildman–Crippen MR) is 68.9 cm³/mol. The zero-order valence-electron chi connectivity index (χ0n) is 10.3. The molecule has 2 aromatic heterocycles. The molecule has 0 radical (unpaired) electrons. The minimum Gasteiger partial charge on any atom is -0.352 e. The molecule has 0 spiro atoms. The zero-order chi connectivity index (χ0) is 12.7. The Bertz CT molecular complexity index is 696. The Balaban J connectivity index is 2.10. The minimum atomic E-state index is -0.252. The summed E-state index contributed by atoms with van der Waals surface area (Å²) < 4.78 is 5.10. The van der Waals surface area contributed by atoms with Crippen LogP contribution in [0.25, 0.3) is 22.4 Å². The van der Waals surface area contributed by atoms with Crippen LogP contribution in [0.2, 0.25) is 0 Å². The van der Waals surface area contributed by atoms with Crippen LogP contribution in [-0.2, 0) is 0 Å². The highest BCUT2D eigenvalue weighted by Crippen LogP contribution is 2.24. The van der Waals surface area contributed by atoms with Gasteiger partial charge in [0.2, 0.25) is 11.7 Å². The van der Waals surface area contributed by atoms with E-state index in [2.05, 4.69) is 34.2 Å². The van der Waals surface area contributed by atoms with E-state index in [9.17, 15) is 0 Å². The number of aryl methyl sites for hydroxylation is 1. The fourth-order valence-electron chi connectivity index (χ4n) is 1.96. The van der Waals surface area contributed by atoms with Crippen molar-refractivity contribution in [1.29, 1.82) is 0 Å². The second kappa shape index (κ2) is 3.96. The van der Waals surface area contributed by atoms with E-state index < -0.39 is 0 Å². The Morgan fingerprint density at radius 1 is 1.39 bits per heavy atom. The van der Waals surface area contributed by atoms with Gasteiger partial charge in [0, 0.05) is 10.9 Å². The van der Waals surface area contributed by atoms with Gasteiger partial charge in [-0.05, 0) is 25.5 Å². The number of fused-ring (bicyclic) bond motifs is 1. The lowest BCUT2D eigenvalue weighted by Gasteiger charge is -1.93. The number of benzene rings is 1. The third-order valence-electron chi connectivity index (χ3n) is 2.94. The van der Waals surface area contributed by atoms with Crippen molar-refractivity contribution in [2.24, 2.45) is 5.73 Å². The van der Waals surface area contributed by atoms with Gasteiger partial charge in [-0.1, -0.05) is 23.4 Å². The molecule has 92 valence electrons. The molecular weight excluding hydrogens is 228 g/mol. The van der Waals surface area contributed by atoms with Crippen molar-refractivity contribution in [2.45, 2.75) is 19.9 Å². The molecule has 0 aliphatic rings. The first-order valence-corrected chi connectivity index (χ1v) is 5.83. The van der Waals surface area contributed by atoms with Gasteiger partial charge < -0.3 is 15.2 Å². The maximum absolute atomic E-state index is 5.70. The van der Waals surface area contributed by atoms with Crippen LogP contribution in [-0.4, -0.2) is 15.1 Å². The highest BCUT2D eigenvalue weighted by molar-refractivity contribution is 5.87. The molecule has 0 bridgehead atoms. The summed E-state index contributed by atoms with van der Waals surface area (Å²) in [5.41, 5.74) is 8.83. The molecular formula is C13H14N4O. The molecule has 2 heterocycles. The van der Waals surface area contributed by atoms with Crippen LogP contribution < -0.4 is 5.73 Å². The highest BCUT2D eigenvalue weighted by Gasteiger charge is 2.13. The summed E-state index contributed by atoms with van der Waals surface area (Å²) in [4.78, 5) is 7.58. The Kier molecular flexibility index (Phi) is 2.41. The molecule has 0 saturated heterocycles. The first-order valence-electron chi connectivity index (χ1n) is 5.83. The molecule has 0 aliphatic heterocycles. The number of para-hydroxylation sites is 1. The number of hydrogen-bond acceptors (Lipinski definition) is 4. The van der Waals surface area contributed by atoms with Crippen molar-refractivity contribution in [3.63, 3.8) is 0 Å². The lowest BCUT2D eigenvalue weighted by molar-refractivity contribution is 0.362. The van der Waals surface area contributed by atoms with E-state index in [4.69, 9.17) is 10.3 Å². The first-order chi connectivity index (χ1) is 8.65. The van der Waals surface area contributed by atoms with Gasteiger partial charge in [0.1, 0.15) is 0 Å². The van der Waals surface area contributed by atoms with Gasteiger partial charge in [-0.2, -0.15) is 4.98 Å². The lowest BCUT2D eigenvalue weighted by atomic mass is 10.2. The summed E-state index contributed by atoms with van der Waals surface area (Å²) in [6.45, 7) is 3.87. The third kappa shape index (κ3) is 1.69. The quantitative estimate of drug-likeness (QED) is 0.723. The van der Waals surface area contributed by atoms with E-state index in [-0.39, 0.29) is 6.04 Å². The third-order valence-corrected chi connectivity index (χ3v) is 2.94. The van der Waals surface area contributed by atoms with Crippen LogP contribution in [0.5, 0.6) is 0 Å². The number of aromatic amines is 1. The van der Waals surface area contributed by atoms with Crippen LogP contribution >= 0.6 is 0 Å². The second-order valence-corrected chi connectivity index (χ2v) is 4.47. The average Bonchev–Trinajstić information content (AvgIpc) is 2.95. The standard InChI is InChI=1S/C13H14N4O/c1-7-4-3-5-9-6-10(15-11(7)9)12-16-13(8(2)14)18-17-12/h3-6,8,15H,14H2,1-2H3. The maximum atomic E-state index is 5.70. The molecule has 1 unspecified atom stereocenters. The predicted octanol–water partition coefficient (Wildman–Crippen LogP) is 2.55. The molecule has 5 heteroatoms. The van der Waals surface area contributed by atoms with Crippen molar-refractivity contribution in [2.75, 3.05) is 0 Å². The van der Waals surface area contributed by atoms with E-state index in [1.54, 1.807) is 0 Å². The second-order valence-electron chi connectivity index (χ2n) is 4.47. The van der Waals surface area contributed by atoms with Crippen molar-refractivity contribution in [3.05, 3.63) is 35.7 Å². The fraction of sp³-hybridized carbons (Fsp3) is 0.231. The van der Waals surface area contributed by atoms with E-state index in [0.29, 0.717) is 11.7 Å². The Labute approximate surface area is 104 Å². The number of aromatic nitrogens is 3. The summed E-state index contributed by atoms with van der Waals surface area (Å²) in [6.07, 6.45) is 0. The number of H-pyrrole nitrogens is 1. The van der Waals surface area contributed by atoms with E-state index >= 15 is 0 Å². The smallest absolute Gasteiger partial charge is 0.243 e. The number of nitrogens with two attached hydrogens (primary N) is 1. The van der Waals surface area contributed by atoms with Crippen molar-refractivity contribution >= 4 is 10.9 Å². The van der Waals surface area contributed by atoms with Crippen LogP contribution in [0.4, 0.5) is 0 Å². The molecule has 18 heavy (non-hydrogen) atoms. The number of nitrogens with one attached hydrogen (secondary N) is 1. The summed E-state index contributed by atoms with van der Waals surface area (Å²) >= 11 is 0. The summed E-state index contributed by atoms with van der Waals surface area (Å²) in [6, 6.07) is 7.90. The number of rotatable bonds is 2. The normalized spacial score (nSPS) is 13.1. The molecule has 3 aromatic rings. The van der Waals surface area contributed by atoms with Gasteiger partial charge in [-0.25, -0.2) is 0 Å². The molecule has 1 aromatic carbocycles. The van der Waals surface area contributed by atoms with Gasteiger partial charge in [0.25, 0.3) is 0 Å². The molecule has 0 fully saturated rings. The monoisotopic (exact) mass is 242 g/mol. The zero-order valence-corrected chi connectivity index (χ0v) is 10.3. The molecule has 5 nitrogen and oxygen atoms in total. The largest absolute Gasteiger partial charge is 0.352 e. The van der Waals surface area contributed by atoms with Crippen LogP contribution in [0.1, 0.15) is 24.4 Å². The molecule has 3 N–H and O–H groups in total. The van der Waals surface area contributed by atoms with Gasteiger partial charge in [0.05, 0.1) is 11.7 Å². The SMILES string of the molecule is Cc1cccc2cc(-c3noc(C(C)N)n3)[nH]c12. The first kappa shape index (κ1) is 11.0. The highest BCUT2D eigenvalue weighted by atomic mass is 16.5. The van der Waals surface area contributed by atoms with Gasteiger partial charge in [-0.3, -0.25) is 0 Å². The molecule has 0 amide bonds. The van der Waals surface area contributed by atoms with Crippen molar-refractivity contribution in [1.82, 2.24) is 15.1 Å². The Hall–Kier alpha value is -2.14. The van der Waals surface area contributed by atoms with Crippen LogP contribution in [0.3, 0.4) is 0 Å². The summed E-state index contributed by atoms with van der Waals surface area (Å²) in [5, 5.41) is 5.07. The van der Waals surface area contributed by atoms with Crippen molar-refractivity contribution in [3.8, 4) is 11.5 Å². The molecule has 1 atom stereocenters. The molecule has 3 rings (SSSR count). The van der Waals surface area contributed by atoms with Crippen LogP contribution in [0, 0.1) is 6.92 Å². The summed E-state index contributed by atoms with van der Waals surface area (Å²) in [7, 11) is 0. The van der Waals surface area contributed by atoms with Crippen LogP contribution in [0.15, 0.2) is 28.8 Å². The topological polar surface area (TPSA) is 80.7 Å². The van der Waals surface area contributed by atoms with Gasteiger partial charge >= 0.3 is 0 Å². The van der Waals surface area contributed by atoms with E-state index in [1.807, 2.05) is 19.1 Å². The Morgan fingerprint density at radius 3 is 2.89 bits per heavy atom. The van der Waals surface area contributed by atoms with E-state index in [0.717, 1.165) is 16.6 Å². The number of nitrogens with zero attached hydrogens (tertiary/aromatic N) is 2. The summed E-state index contributed by atoms with van der Waals surface area (Å²) in [5.74, 6) is 0.985. The van der Waals surface area contributed by atoms with Gasteiger partial charge in [-0.15, -0.1) is 0 Å². The lowest BCUT2D eigenvalue weighted by Crippen LogP contribution is -2.04. The number of hydrogen-bond donors (Lipinski definition) is 2. The molecule has 0 aliphatic carbocycles. The Morgan fingerprint density at radius 2 is 2.22 bits per heavy atom. The van der Waals surface area contributed by atoms with Crippen molar-refractivity contribution < 1.29 is 4.52 Å². The van der Waals surface area contributed by atoms with Gasteiger partial charge in [0.15, 0.2) is 0 Å². The molecule has 0 saturated carbocycles. The maximum Gasteiger partial charge on any atom is 0.243 e. The average molecular weight is 242 g/mol.